The van der Waals surface area contributed by atoms with Crippen molar-refractivity contribution in [3.8, 4) is 17.2 Å². The first-order chi connectivity index (χ1) is 16.3. The van der Waals surface area contributed by atoms with Crippen molar-refractivity contribution in [1.82, 2.24) is 34.7 Å². The van der Waals surface area contributed by atoms with Gasteiger partial charge in [-0.05, 0) is 57.3 Å². The lowest BCUT2D eigenvalue weighted by molar-refractivity contribution is 0.0906. The Morgan fingerprint density at radius 1 is 1.24 bits per heavy atom. The van der Waals surface area contributed by atoms with Gasteiger partial charge in [-0.15, -0.1) is 0 Å². The smallest absolute Gasteiger partial charge is 0.348 e. The molecule has 1 amide bonds. The van der Waals surface area contributed by atoms with Crippen LogP contribution >= 0.6 is 0 Å². The van der Waals surface area contributed by atoms with Crippen molar-refractivity contribution in [2.45, 2.75) is 33.1 Å². The summed E-state index contributed by atoms with van der Waals surface area (Å²) < 4.78 is 7.08. The van der Waals surface area contributed by atoms with Gasteiger partial charge >= 0.3 is 17.5 Å². The van der Waals surface area contributed by atoms with Gasteiger partial charge in [0.05, 0.1) is 5.69 Å². The number of benzene rings is 1. The van der Waals surface area contributed by atoms with Crippen molar-refractivity contribution in [3.05, 3.63) is 56.6 Å². The molecule has 1 saturated heterocycles. The SMILES string of the molecule is Cc1ccc(-n2nc(-c3noc(C(=O)NCCCN4CCC[C@@H](C)C4)n3)c(=O)n(C)c2=O)cc1. The summed E-state index contributed by atoms with van der Waals surface area (Å²) >= 11 is 0. The van der Waals surface area contributed by atoms with E-state index in [0.29, 0.717) is 18.2 Å². The molecule has 0 bridgehead atoms. The fourth-order valence-corrected chi connectivity index (χ4v) is 4.05. The summed E-state index contributed by atoms with van der Waals surface area (Å²) in [5.41, 5.74) is 0.0156. The number of hydrogen-bond donors (Lipinski definition) is 1. The number of hydrogen-bond acceptors (Lipinski definition) is 8. The maximum atomic E-state index is 12.7. The van der Waals surface area contributed by atoms with Crippen LogP contribution in [0.1, 0.15) is 42.4 Å². The fraction of sp³-hybridized carbons (Fsp3) is 0.478. The van der Waals surface area contributed by atoms with E-state index in [1.54, 1.807) is 12.1 Å². The molecule has 1 N–H and O–H groups in total. The molecule has 3 aromatic rings. The zero-order chi connectivity index (χ0) is 24.2. The summed E-state index contributed by atoms with van der Waals surface area (Å²) in [5.74, 6) is -0.233. The van der Waals surface area contributed by atoms with E-state index in [2.05, 4.69) is 32.4 Å². The van der Waals surface area contributed by atoms with Gasteiger partial charge in [0.1, 0.15) is 0 Å². The van der Waals surface area contributed by atoms with Gasteiger partial charge in [-0.1, -0.05) is 29.8 Å². The molecule has 0 radical (unpaired) electrons. The van der Waals surface area contributed by atoms with E-state index < -0.39 is 17.2 Å². The van der Waals surface area contributed by atoms with Crippen LogP contribution in [0.4, 0.5) is 0 Å². The maximum Gasteiger partial charge on any atom is 0.351 e. The standard InChI is InChI=1S/C23H29N7O4/c1-15-7-9-17(10-8-15)30-23(33)28(3)22(32)18(26-30)19-25-21(34-27-19)20(31)24-11-5-13-29-12-4-6-16(2)14-29/h7-10,16H,4-6,11-14H2,1-3H3,(H,24,31)/t16-/m1/s1. The second-order valence-electron chi connectivity index (χ2n) is 8.82. The number of nitrogens with one attached hydrogen (secondary N) is 1. The van der Waals surface area contributed by atoms with E-state index in [4.69, 9.17) is 4.52 Å². The van der Waals surface area contributed by atoms with Gasteiger partial charge in [0.25, 0.3) is 5.56 Å². The average molecular weight is 468 g/mol. The van der Waals surface area contributed by atoms with Crippen molar-refractivity contribution < 1.29 is 9.32 Å². The number of aryl methyl sites for hydroxylation is 1. The molecule has 0 spiro atoms. The molecule has 3 heterocycles. The molecule has 180 valence electrons. The van der Waals surface area contributed by atoms with Crippen LogP contribution in [0, 0.1) is 12.8 Å². The second kappa shape index (κ2) is 10.1. The molecule has 11 nitrogen and oxygen atoms in total. The molecule has 4 rings (SSSR count). The first-order valence-corrected chi connectivity index (χ1v) is 11.5. The van der Waals surface area contributed by atoms with E-state index in [0.717, 1.165) is 40.9 Å². The average Bonchev–Trinajstić information content (AvgIpc) is 3.31. The van der Waals surface area contributed by atoms with Crippen LogP contribution in [-0.2, 0) is 7.05 Å². The monoisotopic (exact) mass is 467 g/mol. The molecule has 1 atom stereocenters. The van der Waals surface area contributed by atoms with Crippen LogP contribution in [0.15, 0.2) is 38.4 Å². The fourth-order valence-electron chi connectivity index (χ4n) is 4.05. The molecule has 1 aliphatic heterocycles. The third-order valence-electron chi connectivity index (χ3n) is 5.96. The number of aromatic nitrogens is 5. The molecule has 34 heavy (non-hydrogen) atoms. The lowest BCUT2D eigenvalue weighted by Crippen LogP contribution is -2.40. The molecule has 1 aromatic carbocycles. The normalized spacial score (nSPS) is 16.5. The van der Waals surface area contributed by atoms with Crippen LogP contribution < -0.4 is 16.6 Å². The van der Waals surface area contributed by atoms with Gasteiger partial charge in [-0.25, -0.2) is 4.79 Å². The minimum Gasteiger partial charge on any atom is -0.348 e. The van der Waals surface area contributed by atoms with Crippen LogP contribution in [0.25, 0.3) is 17.2 Å². The maximum absolute atomic E-state index is 12.7. The summed E-state index contributed by atoms with van der Waals surface area (Å²) in [5, 5.41) is 10.7. The molecule has 11 heteroatoms. The van der Waals surface area contributed by atoms with Crippen molar-refractivity contribution in [3.63, 3.8) is 0 Å². The van der Waals surface area contributed by atoms with E-state index in [1.165, 1.54) is 19.9 Å². The Balaban J connectivity index is 1.46. The van der Waals surface area contributed by atoms with Crippen LogP contribution in [0.5, 0.6) is 0 Å². The largest absolute Gasteiger partial charge is 0.351 e. The van der Waals surface area contributed by atoms with Gasteiger partial charge in [0.15, 0.2) is 5.69 Å². The van der Waals surface area contributed by atoms with Crippen molar-refractivity contribution in [1.29, 1.82) is 0 Å². The minimum absolute atomic E-state index is 0.158. The quantitative estimate of drug-likeness (QED) is 0.513. The molecule has 2 aromatic heterocycles. The highest BCUT2D eigenvalue weighted by Gasteiger charge is 2.22. The topological polar surface area (TPSA) is 128 Å². The highest BCUT2D eigenvalue weighted by atomic mass is 16.5. The van der Waals surface area contributed by atoms with E-state index in [-0.39, 0.29) is 17.4 Å². The van der Waals surface area contributed by atoms with Gasteiger partial charge in [0, 0.05) is 20.1 Å². The molecular formula is C23H29N7O4. The summed E-state index contributed by atoms with van der Waals surface area (Å²) in [6.07, 6.45) is 3.29. The first-order valence-electron chi connectivity index (χ1n) is 11.5. The molecule has 0 aliphatic carbocycles. The molecule has 0 unspecified atom stereocenters. The summed E-state index contributed by atoms with van der Waals surface area (Å²) in [6, 6.07) is 7.10. The predicted octanol–water partition coefficient (Wildman–Crippen LogP) is 1.14. The highest BCUT2D eigenvalue weighted by Crippen LogP contribution is 2.15. The first kappa shape index (κ1) is 23.6. The lowest BCUT2D eigenvalue weighted by Gasteiger charge is -2.30. The van der Waals surface area contributed by atoms with Crippen LogP contribution in [0.3, 0.4) is 0 Å². The van der Waals surface area contributed by atoms with Crippen molar-refractivity contribution in [2.24, 2.45) is 13.0 Å². The summed E-state index contributed by atoms with van der Waals surface area (Å²) in [7, 11) is 1.34. The highest BCUT2D eigenvalue weighted by molar-refractivity contribution is 5.89. The summed E-state index contributed by atoms with van der Waals surface area (Å²) in [6.45, 7) is 7.76. The molecule has 1 aliphatic rings. The zero-order valence-electron chi connectivity index (χ0n) is 19.7. The Bertz CT molecular complexity index is 1280. The van der Waals surface area contributed by atoms with E-state index >= 15 is 0 Å². The number of amides is 1. The van der Waals surface area contributed by atoms with Crippen LogP contribution in [0.2, 0.25) is 0 Å². The Kier molecular flexibility index (Phi) is 7.01. The van der Waals surface area contributed by atoms with Crippen LogP contribution in [-0.4, -0.2) is 61.5 Å². The van der Waals surface area contributed by atoms with Gasteiger partial charge in [-0.2, -0.15) is 14.8 Å². The molecule has 1 fully saturated rings. The Morgan fingerprint density at radius 3 is 2.74 bits per heavy atom. The van der Waals surface area contributed by atoms with Crippen molar-refractivity contribution in [2.75, 3.05) is 26.2 Å². The predicted molar refractivity (Wildman–Crippen MR) is 125 cm³/mol. The molecular weight excluding hydrogens is 438 g/mol. The Hall–Kier alpha value is -3.60. The lowest BCUT2D eigenvalue weighted by atomic mass is 10.0. The van der Waals surface area contributed by atoms with Crippen molar-refractivity contribution >= 4 is 5.91 Å². The Morgan fingerprint density at radius 2 is 2.00 bits per heavy atom. The number of piperidine rings is 1. The second-order valence-corrected chi connectivity index (χ2v) is 8.82. The third kappa shape index (κ3) is 5.14. The number of carbonyl (C=O) groups excluding carboxylic acids is 1. The van der Waals surface area contributed by atoms with E-state index in [1.807, 2.05) is 19.1 Å². The number of likely N-dealkylation sites (tertiary alicyclic amines) is 1. The number of carbonyl (C=O) groups is 1. The zero-order valence-corrected chi connectivity index (χ0v) is 19.7. The van der Waals surface area contributed by atoms with Gasteiger partial charge in [-0.3, -0.25) is 14.2 Å². The van der Waals surface area contributed by atoms with Gasteiger partial charge in [0.2, 0.25) is 5.82 Å². The Labute approximate surface area is 196 Å². The number of rotatable bonds is 7. The summed E-state index contributed by atoms with van der Waals surface area (Å²) in [4.78, 5) is 44.1. The molecule has 0 saturated carbocycles. The minimum atomic E-state index is -0.683. The van der Waals surface area contributed by atoms with E-state index in [9.17, 15) is 14.4 Å². The number of nitrogens with zero attached hydrogens (tertiary/aromatic N) is 6. The third-order valence-corrected chi connectivity index (χ3v) is 5.96. The van der Waals surface area contributed by atoms with Gasteiger partial charge < -0.3 is 14.7 Å².